The van der Waals surface area contributed by atoms with Crippen LogP contribution in [0, 0.1) is 5.92 Å². The molecule has 7 heteroatoms. The highest BCUT2D eigenvalue weighted by atomic mass is 32.1. The summed E-state index contributed by atoms with van der Waals surface area (Å²) in [6.07, 6.45) is 6.65. The number of rotatable bonds is 5. The summed E-state index contributed by atoms with van der Waals surface area (Å²) in [5.41, 5.74) is 1.81. The summed E-state index contributed by atoms with van der Waals surface area (Å²) in [4.78, 5) is 13.5. The third-order valence-corrected chi connectivity index (χ3v) is 5.77. The number of thiophene rings is 1. The molecule has 1 aliphatic rings. The molecule has 4 rings (SSSR count). The molecule has 0 bridgehead atoms. The first kappa shape index (κ1) is 17.0. The number of hydrogen-bond donors (Lipinski definition) is 2. The lowest BCUT2D eigenvalue weighted by atomic mass is 9.87. The summed E-state index contributed by atoms with van der Waals surface area (Å²) in [5, 5.41) is 8.99. The normalized spacial score (nSPS) is 20.1. The largest absolute Gasteiger partial charge is 0.481 e. The molecule has 0 spiro atoms. The van der Waals surface area contributed by atoms with E-state index in [2.05, 4.69) is 32.9 Å². The predicted octanol–water partition coefficient (Wildman–Crippen LogP) is 4.83. The van der Waals surface area contributed by atoms with E-state index >= 15 is 0 Å². The summed E-state index contributed by atoms with van der Waals surface area (Å²) in [6.45, 7) is 2.34. The molecule has 1 saturated carbocycles. The number of nitrogens with zero attached hydrogens (tertiary/aromatic N) is 3. The fraction of sp³-hybridized carbons (Fsp3) is 0.421. The third kappa shape index (κ3) is 3.72. The van der Waals surface area contributed by atoms with Gasteiger partial charge >= 0.3 is 0 Å². The van der Waals surface area contributed by atoms with Gasteiger partial charge in [-0.1, -0.05) is 6.92 Å². The van der Waals surface area contributed by atoms with Crippen molar-refractivity contribution in [1.82, 2.24) is 15.0 Å². The van der Waals surface area contributed by atoms with Gasteiger partial charge in [0.15, 0.2) is 0 Å². The number of fused-ring (bicyclic) bond motifs is 1. The second-order valence-electron chi connectivity index (χ2n) is 6.84. The van der Waals surface area contributed by atoms with Crippen molar-refractivity contribution in [2.24, 2.45) is 5.92 Å². The predicted molar refractivity (Wildman–Crippen MR) is 107 cm³/mol. The van der Waals surface area contributed by atoms with Crippen LogP contribution in [0.1, 0.15) is 32.6 Å². The lowest BCUT2D eigenvalue weighted by Crippen LogP contribution is -2.25. The van der Waals surface area contributed by atoms with E-state index in [0.29, 0.717) is 17.9 Å². The highest BCUT2D eigenvalue weighted by Crippen LogP contribution is 2.32. The van der Waals surface area contributed by atoms with Gasteiger partial charge in [0.1, 0.15) is 5.82 Å². The second kappa shape index (κ2) is 7.45. The molecule has 0 atom stereocenters. The van der Waals surface area contributed by atoms with Crippen molar-refractivity contribution in [2.75, 3.05) is 17.7 Å². The van der Waals surface area contributed by atoms with Gasteiger partial charge < -0.3 is 15.4 Å². The first-order chi connectivity index (χ1) is 12.7. The fourth-order valence-electron chi connectivity index (χ4n) is 3.34. The van der Waals surface area contributed by atoms with Crippen LogP contribution in [0.2, 0.25) is 0 Å². The molecule has 3 aromatic heterocycles. The van der Waals surface area contributed by atoms with Crippen LogP contribution in [-0.2, 0) is 0 Å². The van der Waals surface area contributed by atoms with Crippen molar-refractivity contribution < 1.29 is 4.74 Å². The Morgan fingerprint density at radius 2 is 2.00 bits per heavy atom. The van der Waals surface area contributed by atoms with E-state index in [4.69, 9.17) is 9.72 Å². The van der Waals surface area contributed by atoms with Gasteiger partial charge in [-0.15, -0.1) is 11.3 Å². The zero-order valence-corrected chi connectivity index (χ0v) is 15.8. The van der Waals surface area contributed by atoms with Crippen molar-refractivity contribution in [3.8, 4) is 5.88 Å². The molecular formula is C19H23N5OS. The van der Waals surface area contributed by atoms with Crippen LogP contribution in [-0.4, -0.2) is 28.1 Å². The highest BCUT2D eigenvalue weighted by molar-refractivity contribution is 7.17. The summed E-state index contributed by atoms with van der Waals surface area (Å²) in [5.74, 6) is 2.89. The first-order valence-corrected chi connectivity index (χ1v) is 9.88. The molecule has 0 aromatic carbocycles. The van der Waals surface area contributed by atoms with Crippen molar-refractivity contribution in [3.63, 3.8) is 0 Å². The standard InChI is InChI=1S/C19H23N5OS/c1-12-3-5-13(6-4-12)21-18-17-15(8-10-26-17)23-19(24-18)22-14-7-9-20-16(11-14)25-2/h7-13H,3-6H2,1-2H3,(H2,20,21,22,23,24). The minimum Gasteiger partial charge on any atom is -0.481 e. The van der Waals surface area contributed by atoms with Gasteiger partial charge in [-0.05, 0) is 49.1 Å². The molecule has 2 N–H and O–H groups in total. The highest BCUT2D eigenvalue weighted by Gasteiger charge is 2.20. The summed E-state index contributed by atoms with van der Waals surface area (Å²) >= 11 is 1.68. The Labute approximate surface area is 157 Å². The molecule has 0 unspecified atom stereocenters. The minimum absolute atomic E-state index is 0.486. The molecule has 26 heavy (non-hydrogen) atoms. The molecule has 0 radical (unpaired) electrons. The van der Waals surface area contributed by atoms with Crippen molar-refractivity contribution >= 4 is 39.0 Å². The SMILES string of the molecule is COc1cc(Nc2nc(NC3CCC(C)CC3)c3sccc3n2)ccn1. The third-order valence-electron chi connectivity index (χ3n) is 4.86. The van der Waals surface area contributed by atoms with Crippen LogP contribution in [0.4, 0.5) is 17.5 Å². The fourth-order valence-corrected chi connectivity index (χ4v) is 4.13. The number of aromatic nitrogens is 3. The van der Waals surface area contributed by atoms with Gasteiger partial charge in [-0.25, -0.2) is 9.97 Å². The summed E-state index contributed by atoms with van der Waals surface area (Å²) < 4.78 is 6.29. The maximum absolute atomic E-state index is 5.18. The molecule has 0 saturated heterocycles. The first-order valence-electron chi connectivity index (χ1n) is 9.00. The van der Waals surface area contributed by atoms with Crippen LogP contribution < -0.4 is 15.4 Å². The number of nitrogens with one attached hydrogen (secondary N) is 2. The van der Waals surface area contributed by atoms with Crippen molar-refractivity contribution in [1.29, 1.82) is 0 Å². The van der Waals surface area contributed by atoms with Crippen LogP contribution in [0.25, 0.3) is 10.2 Å². The average Bonchev–Trinajstić information content (AvgIpc) is 3.12. The lowest BCUT2D eigenvalue weighted by molar-refractivity contribution is 0.361. The lowest BCUT2D eigenvalue weighted by Gasteiger charge is -2.27. The maximum atomic E-state index is 5.18. The van der Waals surface area contributed by atoms with E-state index in [1.165, 1.54) is 25.7 Å². The topological polar surface area (TPSA) is 72.0 Å². The van der Waals surface area contributed by atoms with Crippen LogP contribution >= 0.6 is 11.3 Å². The number of pyridine rings is 1. The Balaban J connectivity index is 1.59. The minimum atomic E-state index is 0.486. The van der Waals surface area contributed by atoms with E-state index in [1.807, 2.05) is 18.2 Å². The second-order valence-corrected chi connectivity index (χ2v) is 7.76. The Kier molecular flexibility index (Phi) is 4.88. The van der Waals surface area contributed by atoms with Gasteiger partial charge in [0.25, 0.3) is 0 Å². The number of ether oxygens (including phenoxy) is 1. The molecule has 0 aliphatic heterocycles. The van der Waals surface area contributed by atoms with Gasteiger partial charge in [0.2, 0.25) is 11.8 Å². The molecule has 6 nitrogen and oxygen atoms in total. The number of anilines is 3. The molecule has 1 aliphatic carbocycles. The Morgan fingerprint density at radius 1 is 1.15 bits per heavy atom. The Hall–Kier alpha value is -2.41. The molecule has 3 aromatic rings. The van der Waals surface area contributed by atoms with E-state index in [9.17, 15) is 0 Å². The molecular weight excluding hydrogens is 346 g/mol. The summed E-state index contributed by atoms with van der Waals surface area (Å²) in [6, 6.07) is 6.23. The molecule has 0 amide bonds. The van der Waals surface area contributed by atoms with E-state index in [-0.39, 0.29) is 0 Å². The smallest absolute Gasteiger partial charge is 0.229 e. The quantitative estimate of drug-likeness (QED) is 0.671. The molecule has 1 fully saturated rings. The van der Waals surface area contributed by atoms with Gasteiger partial charge in [-0.2, -0.15) is 4.98 Å². The van der Waals surface area contributed by atoms with E-state index in [0.717, 1.165) is 27.6 Å². The number of methoxy groups -OCH3 is 1. The van der Waals surface area contributed by atoms with E-state index < -0.39 is 0 Å². The van der Waals surface area contributed by atoms with Gasteiger partial charge in [-0.3, -0.25) is 0 Å². The summed E-state index contributed by atoms with van der Waals surface area (Å²) in [7, 11) is 1.60. The number of hydrogen-bond acceptors (Lipinski definition) is 7. The van der Waals surface area contributed by atoms with Gasteiger partial charge in [0, 0.05) is 24.0 Å². The Bertz CT molecular complexity index is 889. The Morgan fingerprint density at radius 3 is 2.81 bits per heavy atom. The zero-order valence-electron chi connectivity index (χ0n) is 15.0. The van der Waals surface area contributed by atoms with E-state index in [1.54, 1.807) is 24.6 Å². The van der Waals surface area contributed by atoms with Crippen LogP contribution in [0.5, 0.6) is 5.88 Å². The average molecular weight is 369 g/mol. The molecule has 136 valence electrons. The zero-order chi connectivity index (χ0) is 17.9. The van der Waals surface area contributed by atoms with Crippen LogP contribution in [0.3, 0.4) is 0 Å². The maximum Gasteiger partial charge on any atom is 0.229 e. The molecule has 3 heterocycles. The van der Waals surface area contributed by atoms with Crippen molar-refractivity contribution in [2.45, 2.75) is 38.6 Å². The van der Waals surface area contributed by atoms with Crippen molar-refractivity contribution in [3.05, 3.63) is 29.8 Å². The monoisotopic (exact) mass is 369 g/mol. The van der Waals surface area contributed by atoms with Crippen LogP contribution in [0.15, 0.2) is 29.8 Å². The van der Waals surface area contributed by atoms with Gasteiger partial charge in [0.05, 0.1) is 17.3 Å².